The van der Waals surface area contributed by atoms with Crippen molar-refractivity contribution in [3.8, 4) is 0 Å². The first-order valence-corrected chi connectivity index (χ1v) is 7.75. The van der Waals surface area contributed by atoms with Crippen molar-refractivity contribution in [3.63, 3.8) is 0 Å². The van der Waals surface area contributed by atoms with E-state index in [1.165, 1.54) is 0 Å². The zero-order valence-corrected chi connectivity index (χ0v) is 13.0. The lowest BCUT2D eigenvalue weighted by Gasteiger charge is -2.18. The average molecular weight is 301 g/mol. The van der Waals surface area contributed by atoms with Crippen LogP contribution < -0.4 is 5.73 Å². The van der Waals surface area contributed by atoms with Crippen molar-refractivity contribution < 1.29 is 4.79 Å². The molecule has 0 aliphatic heterocycles. The predicted octanol–water partition coefficient (Wildman–Crippen LogP) is 2.77. The summed E-state index contributed by atoms with van der Waals surface area (Å²) >= 11 is 7.58. The highest BCUT2D eigenvalue weighted by atomic mass is 35.5. The number of benzene rings is 1. The number of nitrogens with zero attached hydrogens (tertiary/aromatic N) is 1. The van der Waals surface area contributed by atoms with E-state index >= 15 is 0 Å². The van der Waals surface area contributed by atoms with E-state index in [2.05, 4.69) is 6.92 Å². The Kier molecular flexibility index (Phi) is 7.28. The van der Waals surface area contributed by atoms with Gasteiger partial charge in [0, 0.05) is 23.9 Å². The maximum absolute atomic E-state index is 12.0. The van der Waals surface area contributed by atoms with Gasteiger partial charge in [0.1, 0.15) is 0 Å². The molecule has 0 saturated heterocycles. The van der Waals surface area contributed by atoms with Gasteiger partial charge >= 0.3 is 0 Å². The molecular formula is C14H21ClN2OS. The molecule has 1 unspecified atom stereocenters. The van der Waals surface area contributed by atoms with Crippen LogP contribution in [0.3, 0.4) is 0 Å². The van der Waals surface area contributed by atoms with Gasteiger partial charge in [0.25, 0.3) is 0 Å². The van der Waals surface area contributed by atoms with E-state index in [1.807, 2.05) is 31.3 Å². The minimum Gasteiger partial charge on any atom is -0.341 e. The first kappa shape index (κ1) is 16.3. The van der Waals surface area contributed by atoms with E-state index in [4.69, 9.17) is 17.3 Å². The molecule has 0 fully saturated rings. The van der Waals surface area contributed by atoms with E-state index in [-0.39, 0.29) is 5.91 Å². The van der Waals surface area contributed by atoms with Crippen molar-refractivity contribution in [2.24, 2.45) is 5.73 Å². The van der Waals surface area contributed by atoms with Crippen LogP contribution in [0.1, 0.15) is 18.9 Å². The van der Waals surface area contributed by atoms with E-state index in [0.717, 1.165) is 12.0 Å². The largest absolute Gasteiger partial charge is 0.341 e. The zero-order chi connectivity index (χ0) is 14.3. The third-order valence-corrected chi connectivity index (χ3v) is 4.25. The fraction of sp³-hybridized carbons (Fsp3) is 0.500. The molecule has 0 aromatic heterocycles. The number of hydrogen-bond donors (Lipinski definition) is 1. The van der Waals surface area contributed by atoms with Crippen LogP contribution in [0.25, 0.3) is 0 Å². The second-order valence-electron chi connectivity index (χ2n) is 4.58. The molecule has 0 radical (unpaired) electrons. The number of carbonyl (C=O) groups excluding carboxylic acids is 1. The minimum atomic E-state index is 0.133. The van der Waals surface area contributed by atoms with Gasteiger partial charge in [0.2, 0.25) is 5.91 Å². The topological polar surface area (TPSA) is 46.3 Å². The van der Waals surface area contributed by atoms with Gasteiger partial charge in [0.05, 0.1) is 5.75 Å². The van der Waals surface area contributed by atoms with Crippen molar-refractivity contribution in [2.45, 2.75) is 25.1 Å². The fourth-order valence-electron chi connectivity index (χ4n) is 1.64. The molecule has 1 aromatic carbocycles. The van der Waals surface area contributed by atoms with Crippen LogP contribution in [0.4, 0.5) is 0 Å². The quantitative estimate of drug-likeness (QED) is 0.842. The number of amides is 1. The van der Waals surface area contributed by atoms with Gasteiger partial charge < -0.3 is 10.6 Å². The van der Waals surface area contributed by atoms with Gasteiger partial charge in [-0.05, 0) is 30.7 Å². The second-order valence-corrected chi connectivity index (χ2v) is 6.44. The number of nitrogens with two attached hydrogens (primary N) is 1. The maximum Gasteiger partial charge on any atom is 0.232 e. The van der Waals surface area contributed by atoms with Crippen molar-refractivity contribution in [2.75, 3.05) is 19.3 Å². The standard InChI is InChI=1S/C14H21ClN2OS/c1-11(6-7-16)19-10-14(18)17(2)9-12-4-3-5-13(15)8-12/h3-5,8,11H,6-7,9-10,16H2,1-2H3. The average Bonchev–Trinajstić information content (AvgIpc) is 2.36. The lowest BCUT2D eigenvalue weighted by molar-refractivity contribution is -0.127. The van der Waals surface area contributed by atoms with Crippen LogP contribution in [0, 0.1) is 0 Å². The molecule has 1 atom stereocenters. The summed E-state index contributed by atoms with van der Waals surface area (Å²) in [5.41, 5.74) is 6.54. The third-order valence-electron chi connectivity index (χ3n) is 2.80. The summed E-state index contributed by atoms with van der Waals surface area (Å²) in [5.74, 6) is 0.631. The summed E-state index contributed by atoms with van der Waals surface area (Å²) in [5, 5.41) is 1.12. The van der Waals surface area contributed by atoms with Crippen LogP contribution in [0.15, 0.2) is 24.3 Å². The summed E-state index contributed by atoms with van der Waals surface area (Å²) < 4.78 is 0. The lowest BCUT2D eigenvalue weighted by atomic mass is 10.2. The predicted molar refractivity (Wildman–Crippen MR) is 83.5 cm³/mol. The van der Waals surface area contributed by atoms with E-state index < -0.39 is 0 Å². The molecule has 0 aliphatic rings. The number of thioether (sulfide) groups is 1. The molecule has 106 valence electrons. The molecule has 19 heavy (non-hydrogen) atoms. The third kappa shape index (κ3) is 6.32. The van der Waals surface area contributed by atoms with E-state index in [9.17, 15) is 4.79 Å². The number of rotatable bonds is 7. The molecular weight excluding hydrogens is 280 g/mol. The van der Waals surface area contributed by atoms with Crippen LogP contribution >= 0.6 is 23.4 Å². The van der Waals surface area contributed by atoms with Gasteiger partial charge in [-0.1, -0.05) is 30.7 Å². The number of carbonyl (C=O) groups is 1. The number of hydrogen-bond acceptors (Lipinski definition) is 3. The van der Waals surface area contributed by atoms with Crippen LogP contribution in [-0.4, -0.2) is 35.4 Å². The van der Waals surface area contributed by atoms with Crippen LogP contribution in [-0.2, 0) is 11.3 Å². The number of halogens is 1. The molecule has 0 spiro atoms. The van der Waals surface area contributed by atoms with Gasteiger partial charge in [-0.25, -0.2) is 0 Å². The zero-order valence-electron chi connectivity index (χ0n) is 11.4. The van der Waals surface area contributed by atoms with Gasteiger partial charge in [-0.2, -0.15) is 0 Å². The molecule has 2 N–H and O–H groups in total. The Labute approximate surface area is 124 Å². The molecule has 1 rings (SSSR count). The highest BCUT2D eigenvalue weighted by Crippen LogP contribution is 2.15. The SMILES string of the molecule is CC(CCN)SCC(=O)N(C)Cc1cccc(Cl)c1. The van der Waals surface area contributed by atoms with Crippen molar-refractivity contribution in [3.05, 3.63) is 34.9 Å². The Balaban J connectivity index is 2.40. The first-order chi connectivity index (χ1) is 9.02. The van der Waals surface area contributed by atoms with E-state index in [0.29, 0.717) is 29.1 Å². The van der Waals surface area contributed by atoms with Crippen molar-refractivity contribution in [1.82, 2.24) is 4.90 Å². The molecule has 3 nitrogen and oxygen atoms in total. The lowest BCUT2D eigenvalue weighted by Crippen LogP contribution is -2.28. The molecule has 0 saturated carbocycles. The second kappa shape index (κ2) is 8.46. The molecule has 0 aliphatic carbocycles. The molecule has 1 amide bonds. The van der Waals surface area contributed by atoms with Gasteiger partial charge in [0.15, 0.2) is 0 Å². The highest BCUT2D eigenvalue weighted by Gasteiger charge is 2.11. The van der Waals surface area contributed by atoms with Gasteiger partial charge in [-0.15, -0.1) is 11.8 Å². The van der Waals surface area contributed by atoms with Crippen molar-refractivity contribution in [1.29, 1.82) is 0 Å². The van der Waals surface area contributed by atoms with Gasteiger partial charge in [-0.3, -0.25) is 4.79 Å². The Morgan fingerprint density at radius 1 is 1.53 bits per heavy atom. The monoisotopic (exact) mass is 300 g/mol. The molecule has 1 aromatic rings. The minimum absolute atomic E-state index is 0.133. The van der Waals surface area contributed by atoms with Crippen molar-refractivity contribution >= 4 is 29.3 Å². The summed E-state index contributed by atoms with van der Waals surface area (Å²) in [4.78, 5) is 13.7. The van der Waals surface area contributed by atoms with Crippen LogP contribution in [0.5, 0.6) is 0 Å². The van der Waals surface area contributed by atoms with Crippen LogP contribution in [0.2, 0.25) is 5.02 Å². The Bertz CT molecular complexity index is 414. The summed E-state index contributed by atoms with van der Waals surface area (Å²) in [6.07, 6.45) is 0.940. The summed E-state index contributed by atoms with van der Waals surface area (Å²) in [6, 6.07) is 7.58. The molecule has 5 heteroatoms. The normalized spacial score (nSPS) is 12.2. The molecule has 0 bridgehead atoms. The summed E-state index contributed by atoms with van der Waals surface area (Å²) in [7, 11) is 1.82. The smallest absolute Gasteiger partial charge is 0.232 e. The van der Waals surface area contributed by atoms with E-state index in [1.54, 1.807) is 16.7 Å². The highest BCUT2D eigenvalue weighted by molar-refractivity contribution is 8.00. The molecule has 0 heterocycles. The Hall–Kier alpha value is -0.710. The maximum atomic E-state index is 12.0. The Morgan fingerprint density at radius 2 is 2.26 bits per heavy atom. The fourth-order valence-corrected chi connectivity index (χ4v) is 2.80. The summed E-state index contributed by atoms with van der Waals surface area (Å²) in [6.45, 7) is 3.35. The first-order valence-electron chi connectivity index (χ1n) is 6.33. The Morgan fingerprint density at radius 3 is 2.89 bits per heavy atom.